The molecule has 0 radical (unpaired) electrons. The van der Waals surface area contributed by atoms with Crippen molar-refractivity contribution in [2.75, 3.05) is 23.7 Å². The molecular formula is C19H27N3O5S. The van der Waals surface area contributed by atoms with Crippen molar-refractivity contribution in [2.45, 2.75) is 45.4 Å². The summed E-state index contributed by atoms with van der Waals surface area (Å²) in [5.74, 6) is -0.129. The van der Waals surface area contributed by atoms with Gasteiger partial charge in [-0.25, -0.2) is 8.42 Å². The Hall–Kier alpha value is -2.42. The number of sulfonamides is 1. The van der Waals surface area contributed by atoms with Crippen molar-refractivity contribution in [3.63, 3.8) is 0 Å². The number of benzene rings is 1. The number of anilines is 1. The molecule has 1 aliphatic rings. The number of aryl methyl sites for hydroxylation is 1. The van der Waals surface area contributed by atoms with Crippen LogP contribution in [0.25, 0.3) is 0 Å². The summed E-state index contributed by atoms with van der Waals surface area (Å²) in [4.78, 5) is 22.5. The Kier molecular flexibility index (Phi) is 7.56. The number of nitrogens with one attached hydrogen (secondary N) is 1. The van der Waals surface area contributed by atoms with Crippen molar-refractivity contribution in [3.05, 3.63) is 45.5 Å². The van der Waals surface area contributed by atoms with Crippen molar-refractivity contribution < 1.29 is 18.1 Å². The van der Waals surface area contributed by atoms with E-state index in [1.54, 1.807) is 6.92 Å². The van der Waals surface area contributed by atoms with Gasteiger partial charge in [-0.1, -0.05) is 17.7 Å². The Morgan fingerprint density at radius 1 is 1.32 bits per heavy atom. The van der Waals surface area contributed by atoms with Gasteiger partial charge in [-0.3, -0.25) is 19.2 Å². The Morgan fingerprint density at radius 3 is 2.68 bits per heavy atom. The second kappa shape index (κ2) is 9.68. The highest BCUT2D eigenvalue weighted by Gasteiger charge is 2.22. The highest BCUT2D eigenvalue weighted by atomic mass is 32.2. The number of allylic oxidation sites excluding steroid dienone is 1. The van der Waals surface area contributed by atoms with Crippen LogP contribution in [0.2, 0.25) is 0 Å². The first-order valence-electron chi connectivity index (χ1n) is 9.36. The molecule has 9 heteroatoms. The SMILES string of the molecule is Cc1ccc([N+](=O)[O-])cc1N(CCCC(=O)NCC1=CCCCC1)S(C)(=O)=O. The molecule has 1 amide bonds. The van der Waals surface area contributed by atoms with Gasteiger partial charge < -0.3 is 5.32 Å². The smallest absolute Gasteiger partial charge is 0.271 e. The van der Waals surface area contributed by atoms with Crippen molar-refractivity contribution in [1.29, 1.82) is 0 Å². The zero-order valence-corrected chi connectivity index (χ0v) is 17.1. The van der Waals surface area contributed by atoms with Gasteiger partial charge in [-0.2, -0.15) is 0 Å². The van der Waals surface area contributed by atoms with Crippen LogP contribution in [0.5, 0.6) is 0 Å². The van der Waals surface area contributed by atoms with Gasteiger partial charge in [0.15, 0.2) is 0 Å². The van der Waals surface area contributed by atoms with E-state index >= 15 is 0 Å². The second-order valence-corrected chi connectivity index (χ2v) is 8.96. The van der Waals surface area contributed by atoms with Crippen LogP contribution in [-0.4, -0.2) is 38.6 Å². The molecule has 1 N–H and O–H groups in total. The van der Waals surface area contributed by atoms with Crippen molar-refractivity contribution in [3.8, 4) is 0 Å². The molecule has 28 heavy (non-hydrogen) atoms. The van der Waals surface area contributed by atoms with E-state index in [0.717, 1.165) is 29.8 Å². The third kappa shape index (κ3) is 6.33. The number of nitro groups is 1. The highest BCUT2D eigenvalue weighted by molar-refractivity contribution is 7.92. The topological polar surface area (TPSA) is 110 Å². The molecule has 0 heterocycles. The lowest BCUT2D eigenvalue weighted by Gasteiger charge is -2.24. The molecule has 0 bridgehead atoms. The highest BCUT2D eigenvalue weighted by Crippen LogP contribution is 2.27. The largest absolute Gasteiger partial charge is 0.352 e. The normalized spacial score (nSPS) is 14.3. The van der Waals surface area contributed by atoms with Crippen molar-refractivity contribution >= 4 is 27.3 Å². The molecule has 0 atom stereocenters. The minimum absolute atomic E-state index is 0.0803. The average molecular weight is 410 g/mol. The number of carbonyl (C=O) groups excluding carboxylic acids is 1. The zero-order valence-electron chi connectivity index (χ0n) is 16.3. The first-order valence-corrected chi connectivity index (χ1v) is 11.2. The quantitative estimate of drug-likeness (QED) is 0.383. The number of amides is 1. The van der Waals surface area contributed by atoms with Gasteiger partial charge in [-0.05, 0) is 44.6 Å². The molecule has 0 fully saturated rings. The van der Waals surface area contributed by atoms with E-state index in [0.29, 0.717) is 18.5 Å². The summed E-state index contributed by atoms with van der Waals surface area (Å²) >= 11 is 0. The number of nitrogens with zero attached hydrogens (tertiary/aromatic N) is 2. The van der Waals surface area contributed by atoms with Gasteiger partial charge in [0.25, 0.3) is 5.69 Å². The summed E-state index contributed by atoms with van der Waals surface area (Å²) in [5, 5.41) is 13.9. The summed E-state index contributed by atoms with van der Waals surface area (Å²) in [6.45, 7) is 2.32. The van der Waals surface area contributed by atoms with E-state index in [-0.39, 0.29) is 30.2 Å². The van der Waals surface area contributed by atoms with E-state index < -0.39 is 14.9 Å². The average Bonchev–Trinajstić information content (AvgIpc) is 2.64. The minimum atomic E-state index is -3.64. The Balaban J connectivity index is 1.98. The molecular weight excluding hydrogens is 382 g/mol. The fraction of sp³-hybridized carbons (Fsp3) is 0.526. The third-order valence-corrected chi connectivity index (χ3v) is 5.92. The van der Waals surface area contributed by atoms with Crippen molar-refractivity contribution in [1.82, 2.24) is 5.32 Å². The van der Waals surface area contributed by atoms with Crippen LogP contribution in [0.4, 0.5) is 11.4 Å². The van der Waals surface area contributed by atoms with Crippen LogP contribution < -0.4 is 9.62 Å². The summed E-state index contributed by atoms with van der Waals surface area (Å²) in [7, 11) is -3.64. The number of non-ortho nitro benzene ring substituents is 1. The third-order valence-electron chi connectivity index (χ3n) is 4.74. The Morgan fingerprint density at radius 2 is 2.07 bits per heavy atom. The summed E-state index contributed by atoms with van der Waals surface area (Å²) in [5.41, 5.74) is 1.95. The van der Waals surface area contributed by atoms with Crippen LogP contribution in [0.1, 0.15) is 44.1 Å². The molecule has 1 aromatic carbocycles. The van der Waals surface area contributed by atoms with Gasteiger partial charge in [-0.15, -0.1) is 0 Å². The molecule has 0 unspecified atom stereocenters. The molecule has 0 spiro atoms. The predicted molar refractivity (Wildman–Crippen MR) is 109 cm³/mol. The van der Waals surface area contributed by atoms with Crippen LogP contribution in [0.15, 0.2) is 29.8 Å². The fourth-order valence-electron chi connectivity index (χ4n) is 3.19. The van der Waals surface area contributed by atoms with Gasteiger partial charge in [0.05, 0.1) is 16.9 Å². The minimum Gasteiger partial charge on any atom is -0.352 e. The number of carbonyl (C=O) groups is 1. The van der Waals surface area contributed by atoms with Gasteiger partial charge in [0, 0.05) is 31.6 Å². The number of rotatable bonds is 9. The standard InChI is InChI=1S/C19H27N3O5S/c1-15-10-11-17(22(24)25)13-18(15)21(28(2,26)27)12-6-9-19(23)20-14-16-7-4-3-5-8-16/h7,10-11,13H,3-6,8-9,12,14H2,1-2H3,(H,20,23). The molecule has 8 nitrogen and oxygen atoms in total. The van der Waals surface area contributed by atoms with Gasteiger partial charge in [0.2, 0.25) is 15.9 Å². The molecule has 2 rings (SSSR count). The van der Waals surface area contributed by atoms with E-state index in [2.05, 4.69) is 11.4 Å². The first-order chi connectivity index (χ1) is 13.2. The lowest BCUT2D eigenvalue weighted by molar-refractivity contribution is -0.384. The fourth-order valence-corrected chi connectivity index (χ4v) is 4.21. The molecule has 0 aromatic heterocycles. The van der Waals surface area contributed by atoms with E-state index in [9.17, 15) is 23.3 Å². The van der Waals surface area contributed by atoms with E-state index in [1.807, 2.05) is 0 Å². The van der Waals surface area contributed by atoms with Crippen molar-refractivity contribution in [2.24, 2.45) is 0 Å². The summed E-state index contributed by atoms with van der Waals surface area (Å²) in [6.07, 6.45) is 8.13. The summed E-state index contributed by atoms with van der Waals surface area (Å²) in [6, 6.07) is 4.12. The lowest BCUT2D eigenvalue weighted by Crippen LogP contribution is -2.33. The lowest BCUT2D eigenvalue weighted by atomic mass is 10.00. The van der Waals surface area contributed by atoms with Gasteiger partial charge in [0.1, 0.15) is 0 Å². The van der Waals surface area contributed by atoms with E-state index in [1.165, 1.54) is 30.2 Å². The van der Waals surface area contributed by atoms with Crippen LogP contribution in [0, 0.1) is 17.0 Å². The number of hydrogen-bond acceptors (Lipinski definition) is 5. The number of nitro benzene ring substituents is 1. The zero-order chi connectivity index (χ0) is 20.7. The second-order valence-electron chi connectivity index (χ2n) is 7.05. The molecule has 154 valence electrons. The van der Waals surface area contributed by atoms with Gasteiger partial charge >= 0.3 is 0 Å². The Labute approximate surface area is 165 Å². The maximum absolute atomic E-state index is 12.2. The molecule has 0 aliphatic heterocycles. The monoisotopic (exact) mass is 409 g/mol. The maximum Gasteiger partial charge on any atom is 0.271 e. The maximum atomic E-state index is 12.2. The van der Waals surface area contributed by atoms with Crippen LogP contribution >= 0.6 is 0 Å². The number of hydrogen-bond donors (Lipinski definition) is 1. The summed E-state index contributed by atoms with van der Waals surface area (Å²) < 4.78 is 25.6. The molecule has 0 saturated heterocycles. The van der Waals surface area contributed by atoms with E-state index in [4.69, 9.17) is 0 Å². The molecule has 1 aromatic rings. The predicted octanol–water partition coefficient (Wildman–Crippen LogP) is 3.07. The Bertz CT molecular complexity index is 864. The first kappa shape index (κ1) is 21.9. The van der Waals surface area contributed by atoms with Crippen LogP contribution in [-0.2, 0) is 14.8 Å². The molecule has 1 aliphatic carbocycles. The molecule has 0 saturated carbocycles. The van der Waals surface area contributed by atoms with Crippen LogP contribution in [0.3, 0.4) is 0 Å².